The van der Waals surface area contributed by atoms with Gasteiger partial charge in [-0.15, -0.1) is 0 Å². The van der Waals surface area contributed by atoms with E-state index in [2.05, 4.69) is 9.97 Å². The van der Waals surface area contributed by atoms with Gasteiger partial charge in [-0.2, -0.15) is 0 Å². The maximum Gasteiger partial charge on any atom is 0.166 e. The summed E-state index contributed by atoms with van der Waals surface area (Å²) in [6, 6.07) is 7.24. The average Bonchev–Trinajstić information content (AvgIpc) is 2.48. The van der Waals surface area contributed by atoms with Crippen LogP contribution in [0.1, 0.15) is 0 Å². The Bertz CT molecular complexity index is 428. The molecule has 0 aliphatic carbocycles. The van der Waals surface area contributed by atoms with Crippen LogP contribution in [0.3, 0.4) is 0 Å². The minimum absolute atomic E-state index is 0.275. The third-order valence-corrected chi connectivity index (χ3v) is 2.63. The van der Waals surface area contributed by atoms with Crippen molar-refractivity contribution in [1.82, 2.24) is 9.97 Å². The molecule has 0 spiro atoms. The molecule has 0 radical (unpaired) electrons. The van der Waals surface area contributed by atoms with E-state index in [0.29, 0.717) is 16.0 Å². The van der Waals surface area contributed by atoms with Crippen molar-refractivity contribution in [2.75, 3.05) is 0 Å². The maximum absolute atomic E-state index is 5.75. The lowest BCUT2D eigenvalue weighted by atomic mass is 10.2. The Morgan fingerprint density at radius 1 is 1.00 bits per heavy atom. The molecule has 0 saturated heterocycles. The first-order chi connectivity index (χ1) is 6.66. The highest BCUT2D eigenvalue weighted by molar-refractivity contribution is 6.40. The van der Waals surface area contributed by atoms with Crippen LogP contribution in [0.2, 0.25) is 15.3 Å². The zero-order chi connectivity index (χ0) is 10.1. The largest absolute Gasteiger partial charge is 0.328 e. The second-order valence-corrected chi connectivity index (χ2v) is 3.87. The first kappa shape index (κ1) is 9.84. The highest BCUT2D eigenvalue weighted by Gasteiger charge is 2.07. The minimum atomic E-state index is 0.275. The SMILES string of the molecule is Clc1ccc(-c2nc(Cl)c(Cl)[nH]2)cc1. The molecule has 0 unspecified atom stereocenters. The number of hydrogen-bond acceptors (Lipinski definition) is 1. The van der Waals surface area contributed by atoms with Crippen LogP contribution in [0.15, 0.2) is 24.3 Å². The van der Waals surface area contributed by atoms with Crippen LogP contribution < -0.4 is 0 Å². The molecule has 1 aromatic heterocycles. The number of H-pyrrole nitrogens is 1. The van der Waals surface area contributed by atoms with Gasteiger partial charge in [-0.05, 0) is 24.3 Å². The number of halogens is 3. The predicted octanol–water partition coefficient (Wildman–Crippen LogP) is 4.04. The van der Waals surface area contributed by atoms with Gasteiger partial charge >= 0.3 is 0 Å². The van der Waals surface area contributed by atoms with E-state index in [1.165, 1.54) is 0 Å². The van der Waals surface area contributed by atoms with E-state index in [0.717, 1.165) is 5.56 Å². The summed E-state index contributed by atoms with van der Waals surface area (Å²) in [6.07, 6.45) is 0. The summed E-state index contributed by atoms with van der Waals surface area (Å²) < 4.78 is 0. The van der Waals surface area contributed by atoms with Crippen molar-refractivity contribution in [3.05, 3.63) is 39.6 Å². The van der Waals surface area contributed by atoms with E-state index in [9.17, 15) is 0 Å². The fraction of sp³-hybridized carbons (Fsp3) is 0. The van der Waals surface area contributed by atoms with Gasteiger partial charge in [0.05, 0.1) is 0 Å². The molecule has 0 atom stereocenters. The normalized spacial score (nSPS) is 10.5. The topological polar surface area (TPSA) is 28.7 Å². The van der Waals surface area contributed by atoms with Crippen LogP contribution in [-0.4, -0.2) is 9.97 Å². The second-order valence-electron chi connectivity index (χ2n) is 2.70. The van der Waals surface area contributed by atoms with Crippen LogP contribution in [0.5, 0.6) is 0 Å². The molecule has 1 aromatic carbocycles. The van der Waals surface area contributed by atoms with E-state index >= 15 is 0 Å². The van der Waals surface area contributed by atoms with Crippen molar-refractivity contribution >= 4 is 34.8 Å². The smallest absolute Gasteiger partial charge is 0.166 e. The average molecular weight is 248 g/mol. The van der Waals surface area contributed by atoms with Crippen LogP contribution in [0.25, 0.3) is 11.4 Å². The molecule has 0 bridgehead atoms. The van der Waals surface area contributed by atoms with Crippen molar-refractivity contribution < 1.29 is 0 Å². The van der Waals surface area contributed by atoms with Crippen LogP contribution >= 0.6 is 34.8 Å². The zero-order valence-corrected chi connectivity index (χ0v) is 9.16. The summed E-state index contributed by atoms with van der Waals surface area (Å²) in [6.45, 7) is 0. The molecule has 0 aliphatic heterocycles. The van der Waals surface area contributed by atoms with Gasteiger partial charge in [-0.3, -0.25) is 0 Å². The predicted molar refractivity (Wildman–Crippen MR) is 59.1 cm³/mol. The number of aromatic nitrogens is 2. The van der Waals surface area contributed by atoms with Crippen molar-refractivity contribution in [2.24, 2.45) is 0 Å². The summed E-state index contributed by atoms with van der Waals surface area (Å²) in [5.41, 5.74) is 0.892. The third-order valence-electron chi connectivity index (χ3n) is 1.74. The van der Waals surface area contributed by atoms with E-state index in [1.54, 1.807) is 12.1 Å². The van der Waals surface area contributed by atoms with Crippen molar-refractivity contribution in [3.8, 4) is 11.4 Å². The number of rotatable bonds is 1. The number of hydrogen-bond donors (Lipinski definition) is 1. The van der Waals surface area contributed by atoms with Gasteiger partial charge in [0.15, 0.2) is 5.15 Å². The molecular weight excluding hydrogens is 242 g/mol. The summed E-state index contributed by atoms with van der Waals surface area (Å²) >= 11 is 17.2. The Morgan fingerprint density at radius 2 is 1.64 bits per heavy atom. The number of nitrogens with zero attached hydrogens (tertiary/aromatic N) is 1. The molecule has 2 rings (SSSR count). The number of aromatic amines is 1. The van der Waals surface area contributed by atoms with Crippen molar-refractivity contribution in [1.29, 1.82) is 0 Å². The Kier molecular flexibility index (Phi) is 2.68. The van der Waals surface area contributed by atoms with Gasteiger partial charge in [0.1, 0.15) is 11.0 Å². The second kappa shape index (κ2) is 3.81. The fourth-order valence-electron chi connectivity index (χ4n) is 1.08. The Labute approximate surface area is 95.8 Å². The Morgan fingerprint density at radius 3 is 2.14 bits per heavy atom. The summed E-state index contributed by atoms with van der Waals surface area (Å²) in [7, 11) is 0. The first-order valence-electron chi connectivity index (χ1n) is 3.84. The van der Waals surface area contributed by atoms with E-state index in [1.807, 2.05) is 12.1 Å². The maximum atomic E-state index is 5.75. The molecule has 0 fully saturated rings. The molecule has 5 heteroatoms. The molecule has 14 heavy (non-hydrogen) atoms. The van der Waals surface area contributed by atoms with E-state index < -0.39 is 0 Å². The highest BCUT2D eigenvalue weighted by Crippen LogP contribution is 2.25. The first-order valence-corrected chi connectivity index (χ1v) is 4.97. The van der Waals surface area contributed by atoms with Crippen LogP contribution in [0.4, 0.5) is 0 Å². The molecule has 0 saturated carbocycles. The van der Waals surface area contributed by atoms with E-state index in [-0.39, 0.29) is 5.15 Å². The number of benzene rings is 1. The summed E-state index contributed by atoms with van der Waals surface area (Å²) in [5.74, 6) is 0.636. The lowest BCUT2D eigenvalue weighted by Gasteiger charge is -1.95. The molecule has 0 aliphatic rings. The third kappa shape index (κ3) is 1.87. The Balaban J connectivity index is 2.44. The van der Waals surface area contributed by atoms with Gasteiger partial charge in [-0.1, -0.05) is 34.8 Å². The quantitative estimate of drug-likeness (QED) is 0.809. The van der Waals surface area contributed by atoms with Gasteiger partial charge in [-0.25, -0.2) is 4.98 Å². The molecule has 1 N–H and O–H groups in total. The highest BCUT2D eigenvalue weighted by atomic mass is 35.5. The monoisotopic (exact) mass is 246 g/mol. The van der Waals surface area contributed by atoms with Gasteiger partial charge in [0.25, 0.3) is 0 Å². The number of imidazole rings is 1. The Hall–Kier alpha value is -0.700. The fourth-order valence-corrected chi connectivity index (χ4v) is 1.46. The molecule has 0 amide bonds. The van der Waals surface area contributed by atoms with Crippen molar-refractivity contribution in [2.45, 2.75) is 0 Å². The van der Waals surface area contributed by atoms with Crippen LogP contribution in [-0.2, 0) is 0 Å². The molecule has 72 valence electrons. The lowest BCUT2D eigenvalue weighted by Crippen LogP contribution is -1.78. The molecule has 2 nitrogen and oxygen atoms in total. The minimum Gasteiger partial charge on any atom is -0.328 e. The van der Waals surface area contributed by atoms with E-state index in [4.69, 9.17) is 34.8 Å². The van der Waals surface area contributed by atoms with Gasteiger partial charge in [0, 0.05) is 10.6 Å². The molecule has 2 aromatic rings. The van der Waals surface area contributed by atoms with Crippen LogP contribution in [0, 0.1) is 0 Å². The molecular formula is C9H5Cl3N2. The van der Waals surface area contributed by atoms with Gasteiger partial charge < -0.3 is 4.98 Å². The summed E-state index contributed by atoms with van der Waals surface area (Å²) in [4.78, 5) is 6.90. The number of nitrogens with one attached hydrogen (secondary N) is 1. The lowest BCUT2D eigenvalue weighted by molar-refractivity contribution is 1.31. The van der Waals surface area contributed by atoms with Crippen molar-refractivity contribution in [3.63, 3.8) is 0 Å². The standard InChI is InChI=1S/C9H5Cl3N2/c10-6-3-1-5(2-4-6)9-13-7(11)8(12)14-9/h1-4H,(H,13,14). The summed E-state index contributed by atoms with van der Waals surface area (Å²) in [5, 5.41) is 1.30. The van der Waals surface area contributed by atoms with Gasteiger partial charge in [0.2, 0.25) is 0 Å². The zero-order valence-electron chi connectivity index (χ0n) is 6.89. The molecule has 1 heterocycles.